The number of sulfone groups is 1. The summed E-state index contributed by atoms with van der Waals surface area (Å²) in [4.78, 5) is 11.3. The molecule has 1 aromatic carbocycles. The Hall–Kier alpha value is -3.07. The fourth-order valence-electron chi connectivity index (χ4n) is 4.50. The van der Waals surface area contributed by atoms with Crippen LogP contribution in [0, 0.1) is 17.6 Å². The Kier molecular flexibility index (Phi) is 8.42. The van der Waals surface area contributed by atoms with Gasteiger partial charge in [-0.1, -0.05) is 31.6 Å². The van der Waals surface area contributed by atoms with E-state index in [1.807, 2.05) is 19.3 Å². The van der Waals surface area contributed by atoms with Gasteiger partial charge in [-0.05, 0) is 66.5 Å². The number of nitrogens with zero attached hydrogens (tertiary/aromatic N) is 3. The van der Waals surface area contributed by atoms with Crippen LogP contribution in [0.5, 0.6) is 5.75 Å². The minimum Gasteiger partial charge on any atom is -0.487 e. The zero-order chi connectivity index (χ0) is 26.6. The monoisotopic (exact) mass is 529 g/mol. The van der Waals surface area contributed by atoms with Crippen molar-refractivity contribution >= 4 is 21.4 Å². The third kappa shape index (κ3) is 6.63. The fourth-order valence-corrected chi connectivity index (χ4v) is 5.27. The molecule has 2 heterocycles. The molecule has 2 aromatic rings. The number of anilines is 1. The van der Waals surface area contributed by atoms with Crippen molar-refractivity contribution in [1.29, 1.82) is 0 Å². The van der Waals surface area contributed by atoms with Crippen molar-refractivity contribution in [3.63, 3.8) is 0 Å². The SMILES string of the molecule is CCC1=CC(c2cc(F)c(OCC3CCN(c4ncc(CC)cn4)CC3)c(F)c2)=CC=C(S(C)(=O)=O)C1. The fraction of sp³-hybridized carbons (Fsp3) is 0.429. The average Bonchev–Trinajstić information content (AvgIpc) is 3.12. The summed E-state index contributed by atoms with van der Waals surface area (Å²) in [5.74, 6) is -1.06. The molecule has 0 atom stereocenters. The van der Waals surface area contributed by atoms with Gasteiger partial charge in [-0.15, -0.1) is 0 Å². The smallest absolute Gasteiger partial charge is 0.225 e. The minimum atomic E-state index is -3.36. The van der Waals surface area contributed by atoms with Gasteiger partial charge in [0.1, 0.15) is 0 Å². The number of aromatic nitrogens is 2. The van der Waals surface area contributed by atoms with Gasteiger partial charge in [0.15, 0.2) is 27.2 Å². The van der Waals surface area contributed by atoms with E-state index in [4.69, 9.17) is 4.74 Å². The molecule has 198 valence electrons. The Balaban J connectivity index is 1.42. The molecular weight excluding hydrogens is 496 g/mol. The molecule has 37 heavy (non-hydrogen) atoms. The van der Waals surface area contributed by atoms with Crippen molar-refractivity contribution in [3.8, 4) is 5.75 Å². The topological polar surface area (TPSA) is 72.4 Å². The van der Waals surface area contributed by atoms with Crippen LogP contribution in [0.25, 0.3) is 5.57 Å². The van der Waals surface area contributed by atoms with Crippen molar-refractivity contribution < 1.29 is 21.9 Å². The molecule has 1 aromatic heterocycles. The highest BCUT2D eigenvalue weighted by molar-refractivity contribution is 7.94. The van der Waals surface area contributed by atoms with Crippen LogP contribution in [0.2, 0.25) is 0 Å². The molecule has 4 rings (SSSR count). The summed E-state index contributed by atoms with van der Waals surface area (Å²) in [7, 11) is -3.36. The van der Waals surface area contributed by atoms with Crippen LogP contribution in [-0.4, -0.2) is 44.3 Å². The lowest BCUT2D eigenvalue weighted by Crippen LogP contribution is -2.36. The van der Waals surface area contributed by atoms with Crippen molar-refractivity contribution in [2.75, 3.05) is 30.9 Å². The highest BCUT2D eigenvalue weighted by Gasteiger charge is 2.23. The zero-order valence-electron chi connectivity index (χ0n) is 21.5. The van der Waals surface area contributed by atoms with Gasteiger partial charge >= 0.3 is 0 Å². The van der Waals surface area contributed by atoms with Gasteiger partial charge in [0.2, 0.25) is 5.95 Å². The molecule has 0 bridgehead atoms. The first-order chi connectivity index (χ1) is 17.7. The largest absolute Gasteiger partial charge is 0.487 e. The second-order valence-corrected chi connectivity index (χ2v) is 11.7. The third-order valence-corrected chi connectivity index (χ3v) is 8.17. The van der Waals surface area contributed by atoms with Gasteiger partial charge in [0, 0.05) is 43.1 Å². The van der Waals surface area contributed by atoms with Crippen LogP contribution in [-0.2, 0) is 16.3 Å². The van der Waals surface area contributed by atoms with Gasteiger partial charge in [0.25, 0.3) is 0 Å². The van der Waals surface area contributed by atoms with E-state index in [0.29, 0.717) is 23.5 Å². The first kappa shape index (κ1) is 27.0. The number of benzene rings is 1. The van der Waals surface area contributed by atoms with Crippen LogP contribution < -0.4 is 9.64 Å². The van der Waals surface area contributed by atoms with Gasteiger partial charge < -0.3 is 9.64 Å². The highest BCUT2D eigenvalue weighted by Crippen LogP contribution is 2.32. The van der Waals surface area contributed by atoms with Gasteiger partial charge in [-0.25, -0.2) is 27.2 Å². The van der Waals surface area contributed by atoms with E-state index in [1.54, 1.807) is 12.2 Å². The summed E-state index contributed by atoms with van der Waals surface area (Å²) >= 11 is 0. The first-order valence-electron chi connectivity index (χ1n) is 12.7. The number of halogens is 2. The lowest BCUT2D eigenvalue weighted by Gasteiger charge is -2.31. The van der Waals surface area contributed by atoms with E-state index >= 15 is 0 Å². The molecule has 1 aliphatic heterocycles. The van der Waals surface area contributed by atoms with Crippen molar-refractivity contribution in [2.45, 2.75) is 46.0 Å². The van der Waals surface area contributed by atoms with E-state index in [0.717, 1.165) is 49.7 Å². The Bertz CT molecular complexity index is 1300. The Morgan fingerprint density at radius 2 is 1.68 bits per heavy atom. The van der Waals surface area contributed by atoms with Gasteiger partial charge in [0.05, 0.1) is 6.61 Å². The van der Waals surface area contributed by atoms with E-state index in [9.17, 15) is 17.2 Å². The highest BCUT2D eigenvalue weighted by atomic mass is 32.2. The normalized spacial score (nSPS) is 17.1. The Labute approximate surface area is 217 Å². The maximum Gasteiger partial charge on any atom is 0.225 e. The number of allylic oxidation sites excluding steroid dienone is 6. The Morgan fingerprint density at radius 3 is 2.24 bits per heavy atom. The van der Waals surface area contributed by atoms with E-state index in [-0.39, 0.29) is 29.6 Å². The summed E-state index contributed by atoms with van der Waals surface area (Å²) in [5, 5.41) is 0. The second-order valence-electron chi connectivity index (χ2n) is 9.62. The third-order valence-electron chi connectivity index (χ3n) is 6.93. The second kappa shape index (κ2) is 11.5. The molecule has 6 nitrogen and oxygen atoms in total. The summed E-state index contributed by atoms with van der Waals surface area (Å²) in [5.41, 5.74) is 2.86. The molecule has 0 spiro atoms. The summed E-state index contributed by atoms with van der Waals surface area (Å²) in [6.07, 6.45) is 13.2. The molecule has 9 heteroatoms. The molecule has 1 aliphatic carbocycles. The number of piperidine rings is 1. The van der Waals surface area contributed by atoms with Crippen LogP contribution in [0.1, 0.15) is 50.7 Å². The molecule has 0 saturated carbocycles. The number of hydrogen-bond acceptors (Lipinski definition) is 6. The van der Waals surface area contributed by atoms with E-state index in [1.165, 1.54) is 18.2 Å². The number of hydrogen-bond donors (Lipinski definition) is 0. The van der Waals surface area contributed by atoms with Gasteiger partial charge in [-0.2, -0.15) is 0 Å². The van der Waals surface area contributed by atoms with Gasteiger partial charge in [-0.3, -0.25) is 0 Å². The number of ether oxygens (including phenoxy) is 1. The summed E-state index contributed by atoms with van der Waals surface area (Å²) in [6, 6.07) is 2.49. The molecule has 0 unspecified atom stereocenters. The molecule has 1 fully saturated rings. The molecular formula is C28H33F2N3O3S. The lowest BCUT2D eigenvalue weighted by molar-refractivity contribution is 0.207. The van der Waals surface area contributed by atoms with E-state index < -0.39 is 21.5 Å². The van der Waals surface area contributed by atoms with Crippen LogP contribution in [0.15, 0.2) is 53.2 Å². The van der Waals surface area contributed by atoms with Crippen molar-refractivity contribution in [3.05, 3.63) is 76.0 Å². The minimum absolute atomic E-state index is 0.170. The average molecular weight is 530 g/mol. The molecule has 0 amide bonds. The van der Waals surface area contributed by atoms with Crippen LogP contribution in [0.4, 0.5) is 14.7 Å². The molecule has 0 N–H and O–H groups in total. The van der Waals surface area contributed by atoms with Crippen LogP contribution in [0.3, 0.4) is 0 Å². The number of aryl methyl sites for hydroxylation is 1. The standard InChI is InChI=1S/C28H33F2N3O3S/c1-4-19-12-22(6-7-24(13-19)37(3,34)35)23-14-25(29)27(26(30)15-23)36-18-21-8-10-33(11-9-21)28-31-16-20(5-2)17-32-28/h6-7,12,14-17,21H,4-5,8-11,13,18H2,1-3H3. The molecule has 1 saturated heterocycles. The first-order valence-corrected chi connectivity index (χ1v) is 14.6. The Morgan fingerprint density at radius 1 is 1.03 bits per heavy atom. The number of rotatable bonds is 8. The summed E-state index contributed by atoms with van der Waals surface area (Å²) < 4.78 is 59.6. The quantitative estimate of drug-likeness (QED) is 0.439. The van der Waals surface area contributed by atoms with Crippen LogP contribution >= 0.6 is 0 Å². The van der Waals surface area contributed by atoms with Crippen molar-refractivity contribution in [1.82, 2.24) is 9.97 Å². The molecule has 2 aliphatic rings. The van der Waals surface area contributed by atoms with E-state index in [2.05, 4.69) is 21.8 Å². The zero-order valence-corrected chi connectivity index (χ0v) is 22.3. The maximum absolute atomic E-state index is 15.0. The van der Waals surface area contributed by atoms with Crippen molar-refractivity contribution in [2.24, 2.45) is 5.92 Å². The molecule has 0 radical (unpaired) electrons. The predicted molar refractivity (Wildman–Crippen MR) is 142 cm³/mol. The maximum atomic E-state index is 15.0. The lowest BCUT2D eigenvalue weighted by atomic mass is 9.98. The summed E-state index contributed by atoms with van der Waals surface area (Å²) in [6.45, 7) is 5.72. The predicted octanol–water partition coefficient (Wildman–Crippen LogP) is 5.66.